The standard InChI is InChI=1S/C27H25BrN2O3/c1-4-32-26-15-21(9-12-25(26)33-17-20-7-10-23(28)11-8-20)14-22(16-29)27(31)30-24-13-18(2)5-6-19(24)3/h5-15H,4,17H2,1-3H3,(H,30,31)/b22-14-. The third-order valence-electron chi connectivity index (χ3n) is 4.89. The number of ether oxygens (including phenoxy) is 2. The van der Waals surface area contributed by atoms with Crippen molar-refractivity contribution < 1.29 is 14.3 Å². The van der Waals surface area contributed by atoms with E-state index >= 15 is 0 Å². The zero-order valence-electron chi connectivity index (χ0n) is 18.8. The van der Waals surface area contributed by atoms with E-state index in [4.69, 9.17) is 9.47 Å². The molecular weight excluding hydrogens is 480 g/mol. The van der Waals surface area contributed by atoms with Gasteiger partial charge in [0.2, 0.25) is 0 Å². The Bertz CT molecular complexity index is 1210. The molecule has 5 nitrogen and oxygen atoms in total. The zero-order chi connectivity index (χ0) is 23.8. The van der Waals surface area contributed by atoms with Gasteiger partial charge in [-0.25, -0.2) is 0 Å². The van der Waals surface area contributed by atoms with Gasteiger partial charge < -0.3 is 14.8 Å². The van der Waals surface area contributed by atoms with Gasteiger partial charge >= 0.3 is 0 Å². The van der Waals surface area contributed by atoms with Gasteiger partial charge in [0.1, 0.15) is 18.2 Å². The third-order valence-corrected chi connectivity index (χ3v) is 5.42. The highest BCUT2D eigenvalue weighted by Crippen LogP contribution is 2.30. The normalized spacial score (nSPS) is 10.9. The highest BCUT2D eigenvalue weighted by atomic mass is 79.9. The van der Waals surface area contributed by atoms with Crippen LogP contribution in [0.1, 0.15) is 29.2 Å². The van der Waals surface area contributed by atoms with Gasteiger partial charge in [-0.1, -0.05) is 46.3 Å². The van der Waals surface area contributed by atoms with E-state index in [0.717, 1.165) is 21.2 Å². The number of rotatable bonds is 8. The first kappa shape index (κ1) is 24.1. The van der Waals surface area contributed by atoms with Crippen LogP contribution in [0.2, 0.25) is 0 Å². The molecule has 0 fully saturated rings. The average molecular weight is 505 g/mol. The molecule has 6 heteroatoms. The number of nitriles is 1. The van der Waals surface area contributed by atoms with Crippen LogP contribution in [0.15, 0.2) is 70.7 Å². The maximum Gasteiger partial charge on any atom is 0.266 e. The number of aryl methyl sites for hydroxylation is 2. The van der Waals surface area contributed by atoms with E-state index in [1.165, 1.54) is 0 Å². The summed E-state index contributed by atoms with van der Waals surface area (Å²) in [7, 11) is 0. The van der Waals surface area contributed by atoms with Crippen LogP contribution in [0.4, 0.5) is 5.69 Å². The number of hydrogen-bond acceptors (Lipinski definition) is 4. The summed E-state index contributed by atoms with van der Waals surface area (Å²) in [5.74, 6) is 0.686. The van der Waals surface area contributed by atoms with Gasteiger partial charge in [-0.05, 0) is 79.4 Å². The maximum atomic E-state index is 12.7. The Balaban J connectivity index is 1.79. The highest BCUT2D eigenvalue weighted by molar-refractivity contribution is 9.10. The number of amides is 1. The quantitative estimate of drug-likeness (QED) is 0.277. The number of nitrogens with zero attached hydrogens (tertiary/aromatic N) is 1. The molecule has 0 aromatic heterocycles. The number of hydrogen-bond donors (Lipinski definition) is 1. The van der Waals surface area contributed by atoms with Gasteiger partial charge in [-0.15, -0.1) is 0 Å². The summed E-state index contributed by atoms with van der Waals surface area (Å²) < 4.78 is 12.7. The predicted octanol–water partition coefficient (Wildman–Crippen LogP) is 6.59. The zero-order valence-corrected chi connectivity index (χ0v) is 20.4. The Kier molecular flexibility index (Phi) is 8.28. The first-order valence-electron chi connectivity index (χ1n) is 10.5. The van der Waals surface area contributed by atoms with E-state index in [0.29, 0.717) is 36.0 Å². The van der Waals surface area contributed by atoms with Gasteiger partial charge in [0.05, 0.1) is 6.61 Å². The van der Waals surface area contributed by atoms with Crippen molar-refractivity contribution in [2.75, 3.05) is 11.9 Å². The number of benzene rings is 3. The summed E-state index contributed by atoms with van der Waals surface area (Å²) in [5.41, 5.74) is 4.34. The number of carbonyl (C=O) groups excluding carboxylic acids is 1. The van der Waals surface area contributed by atoms with Gasteiger partial charge in [0.15, 0.2) is 11.5 Å². The average Bonchev–Trinajstić information content (AvgIpc) is 2.80. The molecule has 0 radical (unpaired) electrons. The maximum absolute atomic E-state index is 12.7. The lowest BCUT2D eigenvalue weighted by molar-refractivity contribution is -0.112. The minimum atomic E-state index is -0.459. The molecule has 0 saturated heterocycles. The van der Waals surface area contributed by atoms with Gasteiger partial charge in [-0.3, -0.25) is 4.79 Å². The smallest absolute Gasteiger partial charge is 0.266 e. The van der Waals surface area contributed by atoms with E-state index in [9.17, 15) is 10.1 Å². The number of carbonyl (C=O) groups is 1. The molecule has 0 spiro atoms. The Morgan fingerprint density at radius 2 is 1.79 bits per heavy atom. The second kappa shape index (κ2) is 11.3. The monoisotopic (exact) mass is 504 g/mol. The van der Waals surface area contributed by atoms with Crippen LogP contribution in [0.5, 0.6) is 11.5 Å². The lowest BCUT2D eigenvalue weighted by atomic mass is 10.1. The second-order valence-electron chi connectivity index (χ2n) is 7.50. The lowest BCUT2D eigenvalue weighted by Crippen LogP contribution is -2.14. The van der Waals surface area contributed by atoms with E-state index < -0.39 is 5.91 Å². The van der Waals surface area contributed by atoms with Crippen molar-refractivity contribution >= 4 is 33.6 Å². The Hall–Kier alpha value is -3.56. The van der Waals surface area contributed by atoms with Gasteiger partial charge in [-0.2, -0.15) is 5.26 Å². The number of anilines is 1. The Labute approximate surface area is 202 Å². The Morgan fingerprint density at radius 3 is 2.48 bits per heavy atom. The molecular formula is C27H25BrN2O3. The van der Waals surface area contributed by atoms with Gasteiger partial charge in [0.25, 0.3) is 5.91 Å². The molecule has 0 aliphatic rings. The summed E-state index contributed by atoms with van der Waals surface area (Å²) in [4.78, 5) is 12.7. The second-order valence-corrected chi connectivity index (χ2v) is 8.41. The molecule has 0 atom stereocenters. The summed E-state index contributed by atoms with van der Waals surface area (Å²) in [5, 5.41) is 12.4. The van der Waals surface area contributed by atoms with Crippen molar-refractivity contribution in [2.24, 2.45) is 0 Å². The van der Waals surface area contributed by atoms with Crippen LogP contribution in [0, 0.1) is 25.2 Å². The van der Waals surface area contributed by atoms with Crippen molar-refractivity contribution in [3.8, 4) is 17.6 Å². The topological polar surface area (TPSA) is 71.3 Å². The van der Waals surface area contributed by atoms with Crippen LogP contribution in [-0.4, -0.2) is 12.5 Å². The minimum absolute atomic E-state index is 0.00175. The molecule has 0 aliphatic heterocycles. The number of nitrogens with one attached hydrogen (secondary N) is 1. The van der Waals surface area contributed by atoms with Crippen LogP contribution in [-0.2, 0) is 11.4 Å². The van der Waals surface area contributed by atoms with Crippen LogP contribution in [0.3, 0.4) is 0 Å². The molecule has 0 heterocycles. The van der Waals surface area contributed by atoms with E-state index in [2.05, 4.69) is 21.2 Å². The SMILES string of the molecule is CCOc1cc(/C=C(/C#N)C(=O)Nc2cc(C)ccc2C)ccc1OCc1ccc(Br)cc1. The molecule has 1 N–H and O–H groups in total. The van der Waals surface area contributed by atoms with E-state index in [1.807, 2.05) is 69.3 Å². The van der Waals surface area contributed by atoms with Crippen LogP contribution >= 0.6 is 15.9 Å². The molecule has 33 heavy (non-hydrogen) atoms. The largest absolute Gasteiger partial charge is 0.490 e. The molecule has 0 bridgehead atoms. The van der Waals surface area contributed by atoms with Crippen molar-refractivity contribution in [3.05, 3.63) is 93.0 Å². The molecule has 3 aromatic carbocycles. The molecule has 0 saturated carbocycles. The van der Waals surface area contributed by atoms with E-state index in [1.54, 1.807) is 24.3 Å². The van der Waals surface area contributed by atoms with Crippen molar-refractivity contribution in [3.63, 3.8) is 0 Å². The molecule has 1 amide bonds. The van der Waals surface area contributed by atoms with Crippen LogP contribution < -0.4 is 14.8 Å². The molecule has 3 rings (SSSR count). The highest BCUT2D eigenvalue weighted by Gasteiger charge is 2.13. The third kappa shape index (κ3) is 6.71. The summed E-state index contributed by atoms with van der Waals surface area (Å²) in [6.07, 6.45) is 1.54. The van der Waals surface area contributed by atoms with Crippen molar-refractivity contribution in [2.45, 2.75) is 27.4 Å². The first-order valence-corrected chi connectivity index (χ1v) is 11.3. The molecule has 0 aliphatic carbocycles. The fraction of sp³-hybridized carbons (Fsp3) is 0.185. The number of halogens is 1. The first-order chi connectivity index (χ1) is 15.9. The fourth-order valence-corrected chi connectivity index (χ4v) is 3.38. The Morgan fingerprint density at radius 1 is 1.03 bits per heavy atom. The molecule has 3 aromatic rings. The fourth-order valence-electron chi connectivity index (χ4n) is 3.12. The summed E-state index contributed by atoms with van der Waals surface area (Å²) >= 11 is 3.42. The lowest BCUT2D eigenvalue weighted by Gasteiger charge is -2.13. The van der Waals surface area contributed by atoms with Crippen molar-refractivity contribution in [1.29, 1.82) is 5.26 Å². The van der Waals surface area contributed by atoms with E-state index in [-0.39, 0.29) is 5.57 Å². The predicted molar refractivity (Wildman–Crippen MR) is 134 cm³/mol. The van der Waals surface area contributed by atoms with Gasteiger partial charge in [0, 0.05) is 10.2 Å². The minimum Gasteiger partial charge on any atom is -0.490 e. The van der Waals surface area contributed by atoms with Crippen molar-refractivity contribution in [1.82, 2.24) is 0 Å². The summed E-state index contributed by atoms with van der Waals surface area (Å²) in [6.45, 7) is 6.60. The summed E-state index contributed by atoms with van der Waals surface area (Å²) in [6, 6.07) is 21.0. The molecule has 0 unspecified atom stereocenters. The van der Waals surface area contributed by atoms with Crippen LogP contribution in [0.25, 0.3) is 6.08 Å². The molecule has 168 valence electrons.